The molecule has 1 amide bonds. The summed E-state index contributed by atoms with van der Waals surface area (Å²) in [6, 6.07) is 0. The second-order valence-electron chi connectivity index (χ2n) is 2.31. The van der Waals surface area contributed by atoms with Gasteiger partial charge in [0, 0.05) is 6.92 Å². The number of nitrogens with one attached hydrogen (secondary N) is 3. The van der Waals surface area contributed by atoms with Crippen LogP contribution >= 0.6 is 0 Å². The normalized spacial score (nSPS) is 9.62. The Morgan fingerprint density at radius 3 is 2.46 bits per heavy atom. The van der Waals surface area contributed by atoms with Gasteiger partial charge in [0.25, 0.3) is 5.56 Å². The first kappa shape index (κ1) is 9.04. The van der Waals surface area contributed by atoms with E-state index in [2.05, 4.69) is 5.32 Å². The van der Waals surface area contributed by atoms with Gasteiger partial charge in [0.1, 0.15) is 0 Å². The summed E-state index contributed by atoms with van der Waals surface area (Å²) < 4.78 is 0. The minimum Gasteiger partial charge on any atom is -0.493 e. The molecule has 13 heavy (non-hydrogen) atoms. The van der Waals surface area contributed by atoms with Crippen LogP contribution in [0.15, 0.2) is 9.59 Å². The van der Waals surface area contributed by atoms with Gasteiger partial charge in [-0.2, -0.15) is 0 Å². The van der Waals surface area contributed by atoms with Crippen LogP contribution in [0, 0.1) is 0 Å². The number of carbonyl (C=O) groups excluding carboxylic acids is 1. The molecule has 0 aliphatic heterocycles. The lowest BCUT2D eigenvalue weighted by molar-refractivity contribution is -0.114. The van der Waals surface area contributed by atoms with E-state index in [0.29, 0.717) is 0 Å². The molecule has 0 saturated carbocycles. The zero-order chi connectivity index (χ0) is 10.0. The Bertz CT molecular complexity index is 444. The summed E-state index contributed by atoms with van der Waals surface area (Å²) in [5, 5.41) is 11.1. The number of amides is 1. The highest BCUT2D eigenvalue weighted by molar-refractivity contribution is 5.89. The van der Waals surface area contributed by atoms with E-state index in [4.69, 9.17) is 5.11 Å². The molecule has 0 radical (unpaired) electrons. The molecule has 1 rings (SSSR count). The van der Waals surface area contributed by atoms with Gasteiger partial charge in [-0.3, -0.25) is 19.6 Å². The third-order valence-corrected chi connectivity index (χ3v) is 1.22. The van der Waals surface area contributed by atoms with Crippen molar-refractivity contribution >= 4 is 11.6 Å². The van der Waals surface area contributed by atoms with Gasteiger partial charge in [-0.15, -0.1) is 0 Å². The number of aromatic hydroxyl groups is 1. The number of anilines is 1. The van der Waals surface area contributed by atoms with Crippen molar-refractivity contribution in [1.82, 2.24) is 9.97 Å². The van der Waals surface area contributed by atoms with Crippen LogP contribution in [-0.2, 0) is 4.79 Å². The molecule has 7 heteroatoms. The zero-order valence-electron chi connectivity index (χ0n) is 6.67. The van der Waals surface area contributed by atoms with Crippen LogP contribution in [0.25, 0.3) is 0 Å². The molecular weight excluding hydrogens is 178 g/mol. The summed E-state index contributed by atoms with van der Waals surface area (Å²) in [5.41, 5.74) is -2.06. The van der Waals surface area contributed by atoms with Crippen molar-refractivity contribution in [3.8, 4) is 5.88 Å². The lowest BCUT2D eigenvalue weighted by Crippen LogP contribution is -2.26. The molecule has 0 saturated heterocycles. The topological polar surface area (TPSA) is 115 Å². The fourth-order valence-electron chi connectivity index (χ4n) is 0.766. The molecule has 0 atom stereocenters. The molecule has 4 N–H and O–H groups in total. The third kappa shape index (κ3) is 1.95. The fraction of sp³-hybridized carbons (Fsp3) is 0.167. The molecule has 70 valence electrons. The third-order valence-electron chi connectivity index (χ3n) is 1.22. The van der Waals surface area contributed by atoms with E-state index in [0.717, 1.165) is 0 Å². The van der Waals surface area contributed by atoms with E-state index in [1.807, 2.05) is 9.97 Å². The number of rotatable bonds is 1. The first-order chi connectivity index (χ1) is 6.00. The van der Waals surface area contributed by atoms with Crippen LogP contribution in [0.1, 0.15) is 6.92 Å². The van der Waals surface area contributed by atoms with Crippen molar-refractivity contribution in [3.63, 3.8) is 0 Å². The van der Waals surface area contributed by atoms with Crippen LogP contribution in [0.5, 0.6) is 5.88 Å². The molecule has 0 aliphatic rings. The predicted molar refractivity (Wildman–Crippen MR) is 43.7 cm³/mol. The van der Waals surface area contributed by atoms with Gasteiger partial charge in [0.2, 0.25) is 11.8 Å². The molecule has 7 nitrogen and oxygen atoms in total. The first-order valence-electron chi connectivity index (χ1n) is 3.34. The molecule has 0 aromatic carbocycles. The van der Waals surface area contributed by atoms with Crippen LogP contribution in [0.2, 0.25) is 0 Å². The quantitative estimate of drug-likeness (QED) is 0.436. The number of hydrogen-bond acceptors (Lipinski definition) is 4. The lowest BCUT2D eigenvalue weighted by atomic mass is 10.5. The number of hydrogen-bond donors (Lipinski definition) is 4. The zero-order valence-corrected chi connectivity index (χ0v) is 6.67. The highest BCUT2D eigenvalue weighted by Crippen LogP contribution is 2.10. The molecule has 0 spiro atoms. The molecular formula is C6H7N3O4. The largest absolute Gasteiger partial charge is 0.493 e. The van der Waals surface area contributed by atoms with Gasteiger partial charge in [0.05, 0.1) is 0 Å². The van der Waals surface area contributed by atoms with Crippen molar-refractivity contribution in [2.45, 2.75) is 6.92 Å². The van der Waals surface area contributed by atoms with E-state index < -0.39 is 23.0 Å². The maximum atomic E-state index is 10.9. The van der Waals surface area contributed by atoms with Gasteiger partial charge in [-0.05, 0) is 0 Å². The molecule has 1 aromatic rings. The maximum absolute atomic E-state index is 10.9. The SMILES string of the molecule is CC(=O)Nc1c(O)[nH]c(=O)[nH]c1=O. The summed E-state index contributed by atoms with van der Waals surface area (Å²) in [7, 11) is 0. The van der Waals surface area contributed by atoms with E-state index in [1.165, 1.54) is 6.92 Å². The number of carbonyl (C=O) groups is 1. The van der Waals surface area contributed by atoms with E-state index >= 15 is 0 Å². The minimum absolute atomic E-state index is 0.368. The highest BCUT2D eigenvalue weighted by Gasteiger charge is 2.08. The molecule has 0 fully saturated rings. The Kier molecular flexibility index (Phi) is 2.18. The van der Waals surface area contributed by atoms with Crippen LogP contribution in [-0.4, -0.2) is 21.0 Å². The van der Waals surface area contributed by atoms with Gasteiger partial charge >= 0.3 is 5.69 Å². The minimum atomic E-state index is -0.851. The highest BCUT2D eigenvalue weighted by atomic mass is 16.3. The van der Waals surface area contributed by atoms with Crippen LogP contribution in [0.4, 0.5) is 5.69 Å². The summed E-state index contributed by atoms with van der Waals surface area (Å²) in [4.78, 5) is 35.8. The fourth-order valence-corrected chi connectivity index (χ4v) is 0.766. The summed E-state index contributed by atoms with van der Waals surface area (Å²) in [5.74, 6) is -1.18. The summed E-state index contributed by atoms with van der Waals surface area (Å²) >= 11 is 0. The van der Waals surface area contributed by atoms with Gasteiger partial charge in [-0.25, -0.2) is 4.79 Å². The Morgan fingerprint density at radius 2 is 2.00 bits per heavy atom. The average Bonchev–Trinajstić information content (AvgIpc) is 1.96. The number of H-pyrrole nitrogens is 2. The standard InChI is InChI=1S/C6H7N3O4/c1-2(10)7-3-4(11)8-6(13)9-5(3)12/h1H3,(H,7,10)(H3,8,9,11,12,13). The summed E-state index contributed by atoms with van der Waals surface area (Å²) in [6.45, 7) is 1.17. The Balaban J connectivity index is 3.29. The van der Waals surface area contributed by atoms with Crippen molar-refractivity contribution in [2.24, 2.45) is 0 Å². The van der Waals surface area contributed by atoms with Crippen molar-refractivity contribution in [2.75, 3.05) is 5.32 Å². The van der Waals surface area contributed by atoms with Crippen LogP contribution in [0.3, 0.4) is 0 Å². The Morgan fingerprint density at radius 1 is 1.38 bits per heavy atom. The monoisotopic (exact) mass is 185 g/mol. The number of aromatic amines is 2. The first-order valence-corrected chi connectivity index (χ1v) is 3.34. The second kappa shape index (κ2) is 3.13. The van der Waals surface area contributed by atoms with Crippen molar-refractivity contribution in [3.05, 3.63) is 20.8 Å². The second-order valence-corrected chi connectivity index (χ2v) is 2.31. The van der Waals surface area contributed by atoms with Gasteiger partial charge in [-0.1, -0.05) is 0 Å². The van der Waals surface area contributed by atoms with Gasteiger partial charge in [0.15, 0.2) is 5.69 Å². The maximum Gasteiger partial charge on any atom is 0.328 e. The lowest BCUT2D eigenvalue weighted by Gasteiger charge is -2.01. The van der Waals surface area contributed by atoms with E-state index in [9.17, 15) is 14.4 Å². The smallest absolute Gasteiger partial charge is 0.328 e. The number of aromatic nitrogens is 2. The molecule has 1 heterocycles. The Labute approximate surface area is 71.4 Å². The van der Waals surface area contributed by atoms with Crippen molar-refractivity contribution in [1.29, 1.82) is 0 Å². The van der Waals surface area contributed by atoms with Crippen molar-refractivity contribution < 1.29 is 9.90 Å². The van der Waals surface area contributed by atoms with Gasteiger partial charge < -0.3 is 10.4 Å². The van der Waals surface area contributed by atoms with E-state index in [-0.39, 0.29) is 5.69 Å². The molecule has 0 bridgehead atoms. The Hall–Kier alpha value is -2.05. The predicted octanol–water partition coefficient (Wildman–Crippen LogP) is -1.27. The van der Waals surface area contributed by atoms with E-state index in [1.54, 1.807) is 0 Å². The molecule has 0 unspecified atom stereocenters. The van der Waals surface area contributed by atoms with Crippen LogP contribution < -0.4 is 16.6 Å². The summed E-state index contributed by atoms with van der Waals surface area (Å²) in [6.07, 6.45) is 0. The average molecular weight is 185 g/mol. The molecule has 0 aliphatic carbocycles. The molecule has 1 aromatic heterocycles.